The van der Waals surface area contributed by atoms with E-state index in [4.69, 9.17) is 18.6 Å². The summed E-state index contributed by atoms with van der Waals surface area (Å²) in [5.74, 6) is 1.13. The average Bonchev–Trinajstić information content (AvgIpc) is 2.41. The zero-order chi connectivity index (χ0) is 15.6. The molecule has 0 bridgehead atoms. The van der Waals surface area contributed by atoms with E-state index >= 15 is 0 Å². The van der Waals surface area contributed by atoms with Crippen LogP contribution in [0.2, 0.25) is 0 Å². The van der Waals surface area contributed by atoms with E-state index in [0.717, 1.165) is 0 Å². The lowest BCUT2D eigenvalue weighted by atomic mass is 10.2. The third-order valence-electron chi connectivity index (χ3n) is 2.73. The Bertz CT molecular complexity index is 685. The molecule has 0 aliphatic carbocycles. The highest BCUT2D eigenvalue weighted by Crippen LogP contribution is 2.35. The number of benzene rings is 1. The molecule has 21 heavy (non-hydrogen) atoms. The van der Waals surface area contributed by atoms with Crippen molar-refractivity contribution >= 4 is 11.0 Å². The Morgan fingerprint density at radius 1 is 1.00 bits per heavy atom. The van der Waals surface area contributed by atoms with Crippen LogP contribution in [0.5, 0.6) is 17.2 Å². The molecule has 0 aliphatic rings. The SMILES string of the molecule is COc1ccc2c(OC(C)C)c(OC(C)C)c(=O)oc2c1. The van der Waals surface area contributed by atoms with Crippen molar-refractivity contribution in [3.05, 3.63) is 28.6 Å². The summed E-state index contributed by atoms with van der Waals surface area (Å²) in [6.07, 6.45) is -0.246. The number of fused-ring (bicyclic) bond motifs is 1. The molecule has 0 saturated carbocycles. The van der Waals surface area contributed by atoms with E-state index in [0.29, 0.717) is 22.5 Å². The van der Waals surface area contributed by atoms with Crippen LogP contribution in [0, 0.1) is 0 Å². The van der Waals surface area contributed by atoms with Gasteiger partial charge in [-0.05, 0) is 39.8 Å². The lowest BCUT2D eigenvalue weighted by Crippen LogP contribution is -2.17. The Hall–Kier alpha value is -2.17. The Morgan fingerprint density at radius 3 is 2.19 bits per heavy atom. The summed E-state index contributed by atoms with van der Waals surface area (Å²) in [7, 11) is 1.56. The fraction of sp³-hybridized carbons (Fsp3) is 0.438. The highest BCUT2D eigenvalue weighted by Gasteiger charge is 2.20. The molecule has 0 spiro atoms. The van der Waals surface area contributed by atoms with Gasteiger partial charge in [0.15, 0.2) is 5.75 Å². The number of rotatable bonds is 5. The molecule has 2 rings (SSSR count). The van der Waals surface area contributed by atoms with Gasteiger partial charge >= 0.3 is 5.63 Å². The molecular formula is C16H20O5. The van der Waals surface area contributed by atoms with E-state index < -0.39 is 5.63 Å². The predicted octanol–water partition coefficient (Wildman–Crippen LogP) is 3.38. The predicted molar refractivity (Wildman–Crippen MR) is 80.6 cm³/mol. The number of hydrogen-bond acceptors (Lipinski definition) is 5. The Morgan fingerprint density at radius 2 is 1.62 bits per heavy atom. The van der Waals surface area contributed by atoms with Gasteiger partial charge in [0, 0.05) is 6.07 Å². The molecule has 0 atom stereocenters. The topological polar surface area (TPSA) is 57.9 Å². The fourth-order valence-corrected chi connectivity index (χ4v) is 1.95. The van der Waals surface area contributed by atoms with Gasteiger partial charge in [-0.15, -0.1) is 0 Å². The Labute approximate surface area is 123 Å². The van der Waals surface area contributed by atoms with Crippen LogP contribution in [0.25, 0.3) is 11.0 Å². The van der Waals surface area contributed by atoms with E-state index in [9.17, 15) is 4.79 Å². The van der Waals surface area contributed by atoms with Gasteiger partial charge in [-0.3, -0.25) is 0 Å². The first-order chi connectivity index (χ1) is 9.92. The van der Waals surface area contributed by atoms with Crippen molar-refractivity contribution in [2.45, 2.75) is 39.9 Å². The quantitative estimate of drug-likeness (QED) is 0.791. The van der Waals surface area contributed by atoms with Crippen molar-refractivity contribution in [1.29, 1.82) is 0 Å². The molecule has 0 saturated heterocycles. The van der Waals surface area contributed by atoms with Crippen LogP contribution in [0.15, 0.2) is 27.4 Å². The minimum atomic E-state index is -0.555. The first-order valence-electron chi connectivity index (χ1n) is 6.90. The van der Waals surface area contributed by atoms with Crippen LogP contribution in [-0.4, -0.2) is 19.3 Å². The van der Waals surface area contributed by atoms with E-state index in [1.54, 1.807) is 25.3 Å². The molecule has 1 heterocycles. The molecule has 0 aliphatic heterocycles. The second-order valence-electron chi connectivity index (χ2n) is 5.24. The standard InChI is InChI=1S/C16H20O5/c1-9(2)19-14-12-7-6-11(18-5)8-13(12)21-16(17)15(14)20-10(3)4/h6-10H,1-5H3. The van der Waals surface area contributed by atoms with Crippen LogP contribution in [-0.2, 0) is 0 Å². The smallest absolute Gasteiger partial charge is 0.383 e. The van der Waals surface area contributed by atoms with Crippen molar-refractivity contribution in [3.63, 3.8) is 0 Å². The summed E-state index contributed by atoms with van der Waals surface area (Å²) in [6, 6.07) is 5.24. The van der Waals surface area contributed by atoms with Crippen LogP contribution >= 0.6 is 0 Å². The van der Waals surface area contributed by atoms with Gasteiger partial charge in [-0.25, -0.2) is 4.79 Å². The van der Waals surface area contributed by atoms with Crippen molar-refractivity contribution < 1.29 is 18.6 Å². The van der Waals surface area contributed by atoms with Crippen molar-refractivity contribution in [2.75, 3.05) is 7.11 Å². The first-order valence-corrected chi connectivity index (χ1v) is 6.90. The second-order valence-corrected chi connectivity index (χ2v) is 5.24. The van der Waals surface area contributed by atoms with Crippen LogP contribution in [0.3, 0.4) is 0 Å². The molecule has 1 aromatic carbocycles. The normalized spacial score (nSPS) is 11.2. The van der Waals surface area contributed by atoms with Gasteiger partial charge in [-0.1, -0.05) is 0 Å². The molecule has 114 valence electrons. The molecule has 0 unspecified atom stereocenters. The van der Waals surface area contributed by atoms with Crippen LogP contribution < -0.4 is 19.8 Å². The lowest BCUT2D eigenvalue weighted by molar-refractivity contribution is 0.193. The van der Waals surface area contributed by atoms with Gasteiger partial charge in [0.25, 0.3) is 0 Å². The number of methoxy groups -OCH3 is 1. The summed E-state index contributed by atoms with van der Waals surface area (Å²) in [4.78, 5) is 12.2. The zero-order valence-electron chi connectivity index (χ0n) is 12.9. The fourth-order valence-electron chi connectivity index (χ4n) is 1.95. The Kier molecular flexibility index (Phi) is 4.40. The van der Waals surface area contributed by atoms with Crippen molar-refractivity contribution in [2.24, 2.45) is 0 Å². The van der Waals surface area contributed by atoms with Gasteiger partial charge in [-0.2, -0.15) is 0 Å². The van der Waals surface area contributed by atoms with Crippen LogP contribution in [0.1, 0.15) is 27.7 Å². The number of hydrogen-bond donors (Lipinski definition) is 0. The molecule has 0 radical (unpaired) electrons. The molecule has 0 fully saturated rings. The van der Waals surface area contributed by atoms with Gasteiger partial charge in [0.1, 0.15) is 11.3 Å². The average molecular weight is 292 g/mol. The summed E-state index contributed by atoms with van der Waals surface area (Å²) in [5, 5.41) is 0.680. The molecule has 0 N–H and O–H groups in total. The van der Waals surface area contributed by atoms with Crippen molar-refractivity contribution in [1.82, 2.24) is 0 Å². The molecule has 5 heteroatoms. The zero-order valence-corrected chi connectivity index (χ0v) is 12.9. The minimum absolute atomic E-state index is 0.0911. The lowest BCUT2D eigenvalue weighted by Gasteiger charge is -2.17. The highest BCUT2D eigenvalue weighted by molar-refractivity contribution is 5.86. The maximum absolute atomic E-state index is 12.2. The third kappa shape index (κ3) is 3.29. The molecule has 0 amide bonds. The van der Waals surface area contributed by atoms with Gasteiger partial charge < -0.3 is 18.6 Å². The van der Waals surface area contributed by atoms with Gasteiger partial charge in [0.2, 0.25) is 5.75 Å². The van der Waals surface area contributed by atoms with E-state index in [-0.39, 0.29) is 18.0 Å². The third-order valence-corrected chi connectivity index (χ3v) is 2.73. The van der Waals surface area contributed by atoms with Crippen LogP contribution in [0.4, 0.5) is 0 Å². The highest BCUT2D eigenvalue weighted by atomic mass is 16.5. The van der Waals surface area contributed by atoms with E-state index in [1.807, 2.05) is 27.7 Å². The monoisotopic (exact) mass is 292 g/mol. The Balaban J connectivity index is 2.71. The molecular weight excluding hydrogens is 272 g/mol. The maximum Gasteiger partial charge on any atom is 0.383 e. The summed E-state index contributed by atoms with van der Waals surface area (Å²) >= 11 is 0. The molecule has 1 aromatic heterocycles. The minimum Gasteiger partial charge on any atom is -0.497 e. The van der Waals surface area contributed by atoms with E-state index in [2.05, 4.69) is 0 Å². The molecule has 5 nitrogen and oxygen atoms in total. The summed E-state index contributed by atoms with van der Waals surface area (Å²) in [6.45, 7) is 7.47. The summed E-state index contributed by atoms with van der Waals surface area (Å²) < 4.78 is 21.8. The molecule has 2 aromatic rings. The maximum atomic E-state index is 12.2. The largest absolute Gasteiger partial charge is 0.497 e. The summed E-state index contributed by atoms with van der Waals surface area (Å²) in [5.41, 5.74) is -0.147. The van der Waals surface area contributed by atoms with Gasteiger partial charge in [0.05, 0.1) is 24.7 Å². The first kappa shape index (κ1) is 15.2. The van der Waals surface area contributed by atoms with Crippen molar-refractivity contribution in [3.8, 4) is 17.2 Å². The van der Waals surface area contributed by atoms with E-state index in [1.165, 1.54) is 0 Å². The second kappa shape index (κ2) is 6.08. The number of ether oxygens (including phenoxy) is 3.